The van der Waals surface area contributed by atoms with Crippen LogP contribution in [-0.4, -0.2) is 107 Å². The van der Waals surface area contributed by atoms with E-state index in [0.29, 0.717) is 17.8 Å². The van der Waals surface area contributed by atoms with Gasteiger partial charge < -0.3 is 40.0 Å². The van der Waals surface area contributed by atoms with E-state index in [1.807, 2.05) is 12.1 Å². The molecule has 3 rings (SSSR count). The smallest absolute Gasteiger partial charge is 0.464 e. The van der Waals surface area contributed by atoms with E-state index in [4.69, 9.17) is 15.2 Å². The highest BCUT2D eigenvalue weighted by Crippen LogP contribution is 2.41. The fourth-order valence-electron chi connectivity index (χ4n) is 6.52. The number of ether oxygens (including phenoxy) is 3. The molecule has 1 aromatic heterocycles. The number of carbonyl (C=O) groups is 5. The number of rotatable bonds is 21. The summed E-state index contributed by atoms with van der Waals surface area (Å²) in [4.78, 5) is 67.6. The first-order valence-corrected chi connectivity index (χ1v) is 28.3. The quantitative estimate of drug-likeness (QED) is 0.0420. The molecule has 64 heavy (non-hydrogen) atoms. The Morgan fingerprint density at radius 2 is 1.42 bits per heavy atom. The average Bonchev–Trinajstić information content (AvgIpc) is 3.57. The third-order valence-corrected chi connectivity index (χ3v) is 13.3. The minimum atomic E-state index is -5.43. The summed E-state index contributed by atoms with van der Waals surface area (Å²) in [6, 6.07) is 10.6. The van der Waals surface area contributed by atoms with Crippen LogP contribution >= 0.6 is 0 Å². The molecule has 2 aromatic carbocycles. The second-order valence-corrected chi connectivity index (χ2v) is 30.3. The van der Waals surface area contributed by atoms with E-state index >= 15 is 4.39 Å². The van der Waals surface area contributed by atoms with Crippen molar-refractivity contribution in [3.63, 3.8) is 0 Å². The molecule has 3 aromatic rings. The van der Waals surface area contributed by atoms with Crippen LogP contribution in [0.5, 0.6) is 0 Å². The first-order valence-electron chi connectivity index (χ1n) is 20.9. The van der Waals surface area contributed by atoms with E-state index in [1.54, 1.807) is 49.7 Å². The van der Waals surface area contributed by atoms with Crippen molar-refractivity contribution < 1.29 is 60.1 Å². The van der Waals surface area contributed by atoms with Gasteiger partial charge in [-0.1, -0.05) is 90.4 Å². The standard InChI is InChI=1S/C44H62F5N5O8Si2/c1-43(2,3)38(36-23-30(32-24-31(45)15-16-33(32)46)27-53(36)26-29-13-11-10-12-14-29)54(37(55)28-62-41(58)44(47,48)49)18-17-34(52-42(59)61-20-22-64(7,8)9)39(56)51-35(25-50)40(57)60-19-21-63(4,5)6/h10-16,23-24,27,34-35,38H,17-22,25-26,28,50H2,1-9H3,(H,51,56)(H,52,59)/t34-,35+,38-/m0/s1. The Balaban J connectivity index is 2.16. The molecular formula is C44H62F5N5O8Si2. The predicted octanol–water partition coefficient (Wildman–Crippen LogP) is 7.65. The van der Waals surface area contributed by atoms with Gasteiger partial charge in [-0.3, -0.25) is 9.59 Å². The van der Waals surface area contributed by atoms with Gasteiger partial charge in [0.05, 0.1) is 19.3 Å². The lowest BCUT2D eigenvalue weighted by Crippen LogP contribution is -2.55. The van der Waals surface area contributed by atoms with Gasteiger partial charge in [0, 0.05) is 58.8 Å². The van der Waals surface area contributed by atoms with Crippen molar-refractivity contribution in [3.05, 3.63) is 83.7 Å². The summed E-state index contributed by atoms with van der Waals surface area (Å²) in [6.45, 7) is 15.6. The number of carbonyl (C=O) groups excluding carboxylic acids is 5. The summed E-state index contributed by atoms with van der Waals surface area (Å²) < 4.78 is 86.8. The van der Waals surface area contributed by atoms with Crippen LogP contribution in [0.15, 0.2) is 60.8 Å². The average molecular weight is 940 g/mol. The van der Waals surface area contributed by atoms with Crippen molar-refractivity contribution in [1.29, 1.82) is 0 Å². The van der Waals surface area contributed by atoms with E-state index in [2.05, 4.69) is 54.7 Å². The molecule has 0 fully saturated rings. The lowest BCUT2D eigenvalue weighted by atomic mass is 9.82. The zero-order valence-electron chi connectivity index (χ0n) is 38.0. The zero-order chi connectivity index (χ0) is 48.2. The number of hydrogen-bond donors (Lipinski definition) is 3. The minimum absolute atomic E-state index is 0.0265. The normalized spacial score (nSPS) is 13.6. The summed E-state index contributed by atoms with van der Waals surface area (Å²) in [7, 11) is -3.29. The largest absolute Gasteiger partial charge is 0.490 e. The molecule has 0 aliphatic rings. The SMILES string of the molecule is CC(C)(C)[C@H](c1cc(-c2cc(F)ccc2F)cn1Cc1ccccc1)N(CC[C@H](NC(=O)OCC[Si](C)(C)C)C(=O)N[C@H](CN)C(=O)OCC[Si](C)(C)C)C(=O)COC(=O)C(F)(F)F. The highest BCUT2D eigenvalue weighted by molar-refractivity contribution is 6.76. The number of benzene rings is 2. The van der Waals surface area contributed by atoms with Gasteiger partial charge in [0.1, 0.15) is 23.7 Å². The predicted molar refractivity (Wildman–Crippen MR) is 237 cm³/mol. The fourth-order valence-corrected chi connectivity index (χ4v) is 7.95. The van der Waals surface area contributed by atoms with E-state index in [0.717, 1.165) is 28.7 Å². The molecule has 3 amide bonds. The topological polar surface area (TPSA) is 171 Å². The molecule has 0 saturated carbocycles. The number of alkyl carbamates (subject to hydrolysis) is 1. The van der Waals surface area contributed by atoms with E-state index in [-0.39, 0.29) is 37.4 Å². The Morgan fingerprint density at radius 1 is 0.812 bits per heavy atom. The molecule has 0 radical (unpaired) electrons. The van der Waals surface area contributed by atoms with Crippen molar-refractivity contribution in [2.24, 2.45) is 11.1 Å². The molecule has 3 atom stereocenters. The summed E-state index contributed by atoms with van der Waals surface area (Å²) >= 11 is 0. The summed E-state index contributed by atoms with van der Waals surface area (Å²) in [5.74, 6) is -6.95. The maximum Gasteiger partial charge on any atom is 0.490 e. The molecule has 13 nitrogen and oxygen atoms in total. The van der Waals surface area contributed by atoms with Gasteiger partial charge in [-0.2, -0.15) is 13.2 Å². The molecule has 0 saturated heterocycles. The second-order valence-electron chi connectivity index (χ2n) is 19.0. The number of alkyl halides is 3. The number of aromatic nitrogens is 1. The van der Waals surface area contributed by atoms with Crippen molar-refractivity contribution in [1.82, 2.24) is 20.1 Å². The number of hydrogen-bond acceptors (Lipinski definition) is 9. The molecule has 4 N–H and O–H groups in total. The van der Waals surface area contributed by atoms with Gasteiger partial charge in [0.25, 0.3) is 5.91 Å². The van der Waals surface area contributed by atoms with Crippen molar-refractivity contribution >= 4 is 46.0 Å². The Morgan fingerprint density at radius 3 is 1.98 bits per heavy atom. The zero-order valence-corrected chi connectivity index (χ0v) is 40.0. The molecule has 1 heterocycles. The molecule has 20 heteroatoms. The van der Waals surface area contributed by atoms with Crippen LogP contribution in [0.1, 0.15) is 44.5 Å². The molecule has 0 aliphatic carbocycles. The van der Waals surface area contributed by atoms with Gasteiger partial charge in [-0.25, -0.2) is 23.2 Å². The van der Waals surface area contributed by atoms with Crippen LogP contribution in [-0.2, 0) is 39.9 Å². The van der Waals surface area contributed by atoms with Gasteiger partial charge in [0.2, 0.25) is 5.91 Å². The monoisotopic (exact) mass is 939 g/mol. The minimum Gasteiger partial charge on any atom is -0.464 e. The molecule has 354 valence electrons. The summed E-state index contributed by atoms with van der Waals surface area (Å²) in [5, 5.41) is 5.01. The number of amides is 3. The number of nitrogens with one attached hydrogen (secondary N) is 2. The maximum absolute atomic E-state index is 15.3. The highest BCUT2D eigenvalue weighted by Gasteiger charge is 2.43. The van der Waals surface area contributed by atoms with Crippen LogP contribution in [0, 0.1) is 17.0 Å². The third-order valence-electron chi connectivity index (χ3n) is 9.94. The van der Waals surface area contributed by atoms with Crippen LogP contribution in [0.25, 0.3) is 11.1 Å². The molecule has 0 aliphatic heterocycles. The lowest BCUT2D eigenvalue weighted by Gasteiger charge is -2.41. The Bertz CT molecular complexity index is 2070. The number of esters is 2. The van der Waals surface area contributed by atoms with Crippen molar-refractivity contribution in [2.75, 3.05) is 32.9 Å². The molecular weight excluding hydrogens is 878 g/mol. The molecule has 0 spiro atoms. The highest BCUT2D eigenvalue weighted by atomic mass is 28.3. The Hall–Kier alpha value is -5.09. The van der Waals surface area contributed by atoms with Crippen molar-refractivity contribution in [3.8, 4) is 11.1 Å². The number of nitrogens with two attached hydrogens (primary N) is 1. The Labute approximate surface area is 373 Å². The lowest BCUT2D eigenvalue weighted by molar-refractivity contribution is -0.201. The summed E-state index contributed by atoms with van der Waals surface area (Å²) in [5.41, 5.74) is 6.04. The maximum atomic E-state index is 15.3. The molecule has 0 bridgehead atoms. The Kier molecular flexibility index (Phi) is 18.9. The summed E-state index contributed by atoms with van der Waals surface area (Å²) in [6.07, 6.45) is -5.30. The second kappa shape index (κ2) is 22.7. The van der Waals surface area contributed by atoms with E-state index in [9.17, 15) is 41.5 Å². The van der Waals surface area contributed by atoms with Crippen LogP contribution in [0.3, 0.4) is 0 Å². The van der Waals surface area contributed by atoms with Crippen LogP contribution in [0.4, 0.5) is 26.7 Å². The fraction of sp³-hybridized carbons (Fsp3) is 0.523. The molecule has 0 unspecified atom stereocenters. The van der Waals surface area contributed by atoms with E-state index < -0.39 is 107 Å². The van der Waals surface area contributed by atoms with Crippen LogP contribution in [0.2, 0.25) is 51.4 Å². The number of nitrogens with zero attached hydrogens (tertiary/aromatic N) is 2. The third kappa shape index (κ3) is 17.1. The van der Waals surface area contributed by atoms with Gasteiger partial charge in [-0.15, -0.1) is 0 Å². The van der Waals surface area contributed by atoms with Crippen LogP contribution < -0.4 is 16.4 Å². The van der Waals surface area contributed by atoms with Gasteiger partial charge in [-0.05, 0) is 53.8 Å². The van der Waals surface area contributed by atoms with Crippen molar-refractivity contribution in [2.45, 2.75) is 109 Å². The first kappa shape index (κ1) is 53.3. The first-order chi connectivity index (χ1) is 29.6. The van der Waals surface area contributed by atoms with Gasteiger partial charge >= 0.3 is 24.2 Å². The van der Waals surface area contributed by atoms with E-state index in [1.165, 1.54) is 6.07 Å². The number of halogens is 5. The van der Waals surface area contributed by atoms with Gasteiger partial charge in [0.15, 0.2) is 6.61 Å².